The Morgan fingerprint density at radius 2 is 1.85 bits per heavy atom. The first kappa shape index (κ1) is 45.4. The highest BCUT2D eigenvalue weighted by Crippen LogP contribution is 2.46. The molecule has 2 atom stereocenters. The minimum atomic E-state index is -0.678. The van der Waals surface area contributed by atoms with Gasteiger partial charge in [-0.25, -0.2) is 19.1 Å². The summed E-state index contributed by atoms with van der Waals surface area (Å²) >= 11 is 4.38. The van der Waals surface area contributed by atoms with Gasteiger partial charge in [-0.1, -0.05) is 17.3 Å². The van der Waals surface area contributed by atoms with Crippen molar-refractivity contribution in [2.45, 2.75) is 64.8 Å². The van der Waals surface area contributed by atoms with E-state index in [1.807, 2.05) is 65.8 Å². The number of rotatable bonds is 14. The molecule has 7 rings (SSSR count). The number of carbonyl (C=O) groups excluding carboxylic acids is 4. The fourth-order valence-electron chi connectivity index (χ4n) is 6.86. The quantitative estimate of drug-likeness (QED) is 0.0320. The van der Waals surface area contributed by atoms with Crippen LogP contribution in [0.4, 0.5) is 4.79 Å². The first-order chi connectivity index (χ1) is 28.7. The Balaban J connectivity index is 0.00000622. The van der Waals surface area contributed by atoms with Crippen LogP contribution < -0.4 is 38.6 Å². The van der Waals surface area contributed by atoms with E-state index in [4.69, 9.17) is 24.5 Å². The number of Topliss-reactive ketones (excluding diaryl/α,β-unsaturated/α-hetero) is 1. The number of thioether (sulfide) groups is 1. The smallest absolute Gasteiger partial charge is 0.413 e. The number of amidine groups is 1. The molecule has 2 aliphatic heterocycles. The summed E-state index contributed by atoms with van der Waals surface area (Å²) in [4.78, 5) is 65.5. The number of fused-ring (bicyclic) bond motifs is 2. The summed E-state index contributed by atoms with van der Waals surface area (Å²) in [6.45, 7) is 7.98. The Morgan fingerprint density at radius 3 is 2.54 bits per heavy atom. The summed E-state index contributed by atoms with van der Waals surface area (Å²) in [6.07, 6.45) is 5.11. The van der Waals surface area contributed by atoms with Gasteiger partial charge < -0.3 is 47.6 Å². The van der Waals surface area contributed by atoms with Crippen LogP contribution >= 0.6 is 34.4 Å². The van der Waals surface area contributed by atoms with Crippen LogP contribution in [0.5, 0.6) is 5.75 Å². The Bertz CT molecular complexity index is 2540. The lowest BCUT2D eigenvalue weighted by Crippen LogP contribution is -3.00. The minimum absolute atomic E-state index is 0. The third-order valence-electron chi connectivity index (χ3n) is 9.63. The van der Waals surface area contributed by atoms with Crippen LogP contribution in [-0.2, 0) is 48.4 Å². The highest BCUT2D eigenvalue weighted by Gasteiger charge is 2.55. The zero-order valence-electron chi connectivity index (χ0n) is 34.2. The van der Waals surface area contributed by atoms with Gasteiger partial charge >= 0.3 is 12.1 Å². The molecule has 2 amide bonds. The van der Waals surface area contributed by atoms with E-state index in [1.165, 1.54) is 46.4 Å². The van der Waals surface area contributed by atoms with Crippen LogP contribution in [0.2, 0.25) is 0 Å². The molecule has 1 aromatic carbocycles. The summed E-state index contributed by atoms with van der Waals surface area (Å²) in [5, 5.41) is 19.6. The van der Waals surface area contributed by atoms with Gasteiger partial charge in [0, 0.05) is 51.2 Å². The molecule has 5 aromatic rings. The number of aromatic nitrogens is 3. The van der Waals surface area contributed by atoms with E-state index in [0.29, 0.717) is 41.4 Å². The standard InChI is InChI=1S/C42H43N7O8S3.HI/c1-24-44-32(23-58-24)35(46-55-6)34(50)16-31-38(51)49-36(40(52)56-20-25-7-9-29(54-5)10-8-25)28(22-60-39(31)49)18-47-13-12-33-26(17-47)11-14-48(33)19-30-15-27(21-59-30)37(43)45-41(53)57-42(2,3)4;/h7-15,17,21,23,31,39H,16,18-20,22H2,1-6H3,(H-,43,45,53);1H/b46-35-;/t31-,39-;/m1./s1. The number of thiophene rings is 1. The number of hydrogen-bond acceptors (Lipinski definition) is 14. The second kappa shape index (κ2) is 19.3. The summed E-state index contributed by atoms with van der Waals surface area (Å²) < 4.78 is 20.4. The molecule has 6 heterocycles. The number of carbonyl (C=O) groups is 4. The van der Waals surface area contributed by atoms with Crippen molar-refractivity contribution < 1.29 is 66.8 Å². The normalized spacial score (nSPS) is 16.3. The molecule has 0 saturated carbocycles. The number of halogens is 1. The molecular formula is C42H44IN7O8S3. The van der Waals surface area contributed by atoms with Gasteiger partial charge in [-0.05, 0) is 57.5 Å². The van der Waals surface area contributed by atoms with Crippen LogP contribution in [0.1, 0.15) is 53.9 Å². The number of nitrogens with one attached hydrogen (secondary N) is 2. The fourth-order valence-corrected chi connectivity index (χ4v) is 9.73. The average Bonchev–Trinajstić information content (AvgIpc) is 3.97. The molecule has 15 nitrogen and oxygen atoms in total. The number of benzene rings is 1. The van der Waals surface area contributed by atoms with Gasteiger partial charge in [0.1, 0.15) is 42.3 Å². The molecule has 2 aliphatic rings. The van der Waals surface area contributed by atoms with Crippen molar-refractivity contribution >= 4 is 80.6 Å². The highest BCUT2D eigenvalue weighted by molar-refractivity contribution is 8.00. The number of thiazole rings is 1. The molecule has 0 radical (unpaired) electrons. The van der Waals surface area contributed by atoms with Crippen molar-refractivity contribution in [1.82, 2.24) is 19.8 Å². The Morgan fingerprint density at radius 1 is 1.08 bits per heavy atom. The Kier molecular flexibility index (Phi) is 14.4. The number of hydrogen-bond donors (Lipinski definition) is 2. The van der Waals surface area contributed by atoms with E-state index in [1.54, 1.807) is 45.4 Å². The number of oxime groups is 1. The van der Waals surface area contributed by atoms with E-state index in [2.05, 4.69) is 20.0 Å². The maximum Gasteiger partial charge on any atom is 0.413 e. The van der Waals surface area contributed by atoms with E-state index in [9.17, 15) is 19.2 Å². The minimum Gasteiger partial charge on any atom is -1.00 e. The van der Waals surface area contributed by atoms with Crippen molar-refractivity contribution in [2.75, 3.05) is 20.0 Å². The number of ketones is 1. The number of ether oxygens (including phenoxy) is 3. The van der Waals surface area contributed by atoms with Crippen LogP contribution in [0.3, 0.4) is 0 Å². The van der Waals surface area contributed by atoms with Crippen molar-refractivity contribution in [1.29, 1.82) is 5.41 Å². The maximum atomic E-state index is 14.0. The third kappa shape index (κ3) is 10.5. The Labute approximate surface area is 381 Å². The number of alkyl carbamates (subject to hydrolysis) is 1. The van der Waals surface area contributed by atoms with E-state index in [0.717, 1.165) is 26.4 Å². The van der Waals surface area contributed by atoms with E-state index >= 15 is 0 Å². The van der Waals surface area contributed by atoms with Crippen LogP contribution in [0.25, 0.3) is 10.9 Å². The third-order valence-corrected chi connectivity index (χ3v) is 12.7. The maximum absolute atomic E-state index is 14.0. The number of amides is 2. The molecule has 4 aromatic heterocycles. The van der Waals surface area contributed by atoms with Gasteiger partial charge in [-0.2, -0.15) is 0 Å². The number of pyridine rings is 1. The first-order valence-electron chi connectivity index (χ1n) is 18.9. The highest BCUT2D eigenvalue weighted by atomic mass is 127. The molecular weight excluding hydrogens is 954 g/mol. The number of aryl methyl sites for hydroxylation is 1. The van der Waals surface area contributed by atoms with Crippen molar-refractivity contribution in [3.8, 4) is 5.75 Å². The molecule has 320 valence electrons. The lowest BCUT2D eigenvalue weighted by Gasteiger charge is -2.49. The number of methoxy groups -OCH3 is 1. The molecule has 61 heavy (non-hydrogen) atoms. The number of nitrogens with zero attached hydrogens (tertiary/aromatic N) is 5. The molecule has 1 saturated heterocycles. The van der Waals surface area contributed by atoms with Gasteiger partial charge in [0.25, 0.3) is 0 Å². The SMILES string of the molecule is CO/N=C(\C(=O)C[C@@H]1C(=O)N2C(C(=O)OCc3ccc(OC)cc3)=C(C[n+]3ccc4c(ccn4Cc4cc(C(=N)NC(=O)OC(C)(C)C)cs4)c3)CS[C@H]12)c1csc(C)n1.[I-]. The molecule has 19 heteroatoms. The summed E-state index contributed by atoms with van der Waals surface area (Å²) in [5.41, 5.74) is 2.99. The molecule has 0 unspecified atom stereocenters. The topological polar surface area (TPSA) is 178 Å². The largest absolute Gasteiger partial charge is 1.00 e. The number of β-lactam (4-membered cyclic amide) rings is 1. The lowest BCUT2D eigenvalue weighted by atomic mass is 9.89. The molecule has 0 bridgehead atoms. The number of esters is 1. The first-order valence-corrected chi connectivity index (χ1v) is 21.7. The molecule has 1 fully saturated rings. The lowest BCUT2D eigenvalue weighted by molar-refractivity contribution is -0.687. The van der Waals surface area contributed by atoms with Crippen molar-refractivity contribution in [3.63, 3.8) is 0 Å². The summed E-state index contributed by atoms with van der Waals surface area (Å²) in [5.74, 6) is -0.942. The monoisotopic (exact) mass is 997 g/mol. The fraction of sp³-hybridized carbons (Fsp3) is 0.333. The molecule has 0 aliphatic carbocycles. The van der Waals surface area contributed by atoms with E-state index < -0.39 is 29.0 Å². The average molecular weight is 998 g/mol. The van der Waals surface area contributed by atoms with Crippen LogP contribution in [0, 0.1) is 18.3 Å². The van der Waals surface area contributed by atoms with Gasteiger partial charge in [-0.15, -0.1) is 34.4 Å². The van der Waals surface area contributed by atoms with Gasteiger partial charge in [0.05, 0.1) is 40.9 Å². The zero-order chi connectivity index (χ0) is 42.7. The Hall–Kier alpha value is -5.12. The van der Waals surface area contributed by atoms with Crippen molar-refractivity contribution in [2.24, 2.45) is 11.1 Å². The summed E-state index contributed by atoms with van der Waals surface area (Å²) in [7, 11) is 2.93. The van der Waals surface area contributed by atoms with Crippen molar-refractivity contribution in [3.05, 3.63) is 110 Å². The molecule has 0 spiro atoms. The van der Waals surface area contributed by atoms with Crippen LogP contribution in [-0.4, -0.2) is 80.7 Å². The van der Waals surface area contributed by atoms with Gasteiger partial charge in [-0.3, -0.25) is 25.2 Å². The predicted molar refractivity (Wildman–Crippen MR) is 228 cm³/mol. The van der Waals surface area contributed by atoms with E-state index in [-0.39, 0.29) is 65.9 Å². The zero-order valence-corrected chi connectivity index (χ0v) is 38.8. The summed E-state index contributed by atoms with van der Waals surface area (Å²) in [6, 6.07) is 13.1. The van der Waals surface area contributed by atoms with Crippen LogP contribution in [0.15, 0.2) is 88.2 Å². The predicted octanol–water partition coefficient (Wildman–Crippen LogP) is 3.20. The molecule has 2 N–H and O–H groups in total. The van der Waals surface area contributed by atoms with Gasteiger partial charge in [0.15, 0.2) is 30.4 Å². The van der Waals surface area contributed by atoms with Gasteiger partial charge in [0.2, 0.25) is 5.91 Å². The second-order valence-electron chi connectivity index (χ2n) is 15.1. The second-order valence-corrected chi connectivity index (χ2v) is 18.3.